The number of imidazole rings is 1. The molecular weight excluding hydrogens is 314 g/mol. The van der Waals surface area contributed by atoms with Crippen molar-refractivity contribution in [2.75, 3.05) is 0 Å². The van der Waals surface area contributed by atoms with Crippen molar-refractivity contribution < 1.29 is 0 Å². The number of aromatic nitrogens is 5. The molecule has 4 rings (SSSR count). The Morgan fingerprint density at radius 2 is 2.13 bits per heavy atom. The van der Waals surface area contributed by atoms with Crippen LogP contribution < -0.4 is 5.56 Å². The highest BCUT2D eigenvalue weighted by atomic mass is 35.5. The molecule has 0 bridgehead atoms. The molecule has 0 saturated carbocycles. The first-order chi connectivity index (χ1) is 11.2. The van der Waals surface area contributed by atoms with Crippen LogP contribution >= 0.6 is 11.6 Å². The van der Waals surface area contributed by atoms with E-state index < -0.39 is 0 Å². The molecular formula is C16H14ClN5O. The predicted molar refractivity (Wildman–Crippen MR) is 89.7 cm³/mol. The van der Waals surface area contributed by atoms with Crippen molar-refractivity contribution in [1.29, 1.82) is 0 Å². The van der Waals surface area contributed by atoms with Crippen LogP contribution in [0.4, 0.5) is 0 Å². The number of rotatable bonds is 4. The third kappa shape index (κ3) is 2.41. The summed E-state index contributed by atoms with van der Waals surface area (Å²) in [6.45, 7) is 1.41. The number of aromatic amines is 1. The first kappa shape index (κ1) is 14.0. The van der Waals surface area contributed by atoms with Crippen molar-refractivity contribution in [3.05, 3.63) is 58.6 Å². The van der Waals surface area contributed by atoms with Crippen LogP contribution in [0.5, 0.6) is 0 Å². The summed E-state index contributed by atoms with van der Waals surface area (Å²) in [7, 11) is 0. The van der Waals surface area contributed by atoms with E-state index in [1.54, 1.807) is 29.5 Å². The molecule has 23 heavy (non-hydrogen) atoms. The minimum atomic E-state index is -0.0760. The van der Waals surface area contributed by atoms with E-state index >= 15 is 0 Å². The lowest BCUT2D eigenvalue weighted by molar-refractivity contribution is 0.550. The molecule has 0 amide bonds. The summed E-state index contributed by atoms with van der Waals surface area (Å²) < 4.78 is 3.61. The lowest BCUT2D eigenvalue weighted by atomic mass is 10.2. The molecule has 116 valence electrons. The number of nitrogens with one attached hydrogen (secondary N) is 1. The second kappa shape index (κ2) is 5.55. The molecule has 7 heteroatoms. The number of fused-ring (bicyclic) bond motifs is 3. The van der Waals surface area contributed by atoms with E-state index in [0.29, 0.717) is 22.6 Å². The Morgan fingerprint density at radius 1 is 1.22 bits per heavy atom. The largest absolute Gasteiger partial charge is 0.349 e. The molecule has 0 aliphatic rings. The van der Waals surface area contributed by atoms with Crippen molar-refractivity contribution in [3.8, 4) is 0 Å². The molecule has 3 aromatic heterocycles. The Morgan fingerprint density at radius 3 is 2.96 bits per heavy atom. The van der Waals surface area contributed by atoms with E-state index in [4.69, 9.17) is 11.6 Å². The number of H-pyrrole nitrogens is 1. The fourth-order valence-corrected chi connectivity index (χ4v) is 3.06. The summed E-state index contributed by atoms with van der Waals surface area (Å²) in [4.78, 5) is 24.2. The van der Waals surface area contributed by atoms with Gasteiger partial charge in [-0.15, -0.1) is 0 Å². The highest BCUT2D eigenvalue weighted by Crippen LogP contribution is 2.28. The Labute approximate surface area is 136 Å². The van der Waals surface area contributed by atoms with Crippen molar-refractivity contribution in [1.82, 2.24) is 24.1 Å². The molecule has 0 aliphatic heterocycles. The van der Waals surface area contributed by atoms with Gasteiger partial charge in [0, 0.05) is 36.4 Å². The zero-order valence-corrected chi connectivity index (χ0v) is 13.0. The average molecular weight is 328 g/mol. The van der Waals surface area contributed by atoms with Gasteiger partial charge in [-0.1, -0.05) is 17.7 Å². The van der Waals surface area contributed by atoms with Gasteiger partial charge in [0.15, 0.2) is 0 Å². The molecule has 0 spiro atoms. The zero-order chi connectivity index (χ0) is 15.8. The van der Waals surface area contributed by atoms with Crippen LogP contribution in [0.15, 0.2) is 48.0 Å². The van der Waals surface area contributed by atoms with Gasteiger partial charge in [0.1, 0.15) is 11.0 Å². The third-order valence-corrected chi connectivity index (χ3v) is 4.24. The van der Waals surface area contributed by atoms with Crippen LogP contribution in [0.2, 0.25) is 5.02 Å². The topological polar surface area (TPSA) is 68.5 Å². The van der Waals surface area contributed by atoms with Gasteiger partial charge in [0.2, 0.25) is 0 Å². The van der Waals surface area contributed by atoms with Crippen molar-refractivity contribution in [2.45, 2.75) is 19.5 Å². The monoisotopic (exact) mass is 327 g/mol. The smallest absolute Gasteiger partial charge is 0.277 e. The molecule has 0 fully saturated rings. The van der Waals surface area contributed by atoms with Crippen molar-refractivity contribution in [2.24, 2.45) is 0 Å². The lowest BCUT2D eigenvalue weighted by Crippen LogP contribution is -2.21. The Hall–Kier alpha value is -2.60. The van der Waals surface area contributed by atoms with Crippen LogP contribution in [-0.2, 0) is 13.1 Å². The van der Waals surface area contributed by atoms with E-state index in [1.807, 2.05) is 22.9 Å². The standard InChI is InChI=1S/C16H14ClN5O/c17-11-3-1-4-12-13(11)14-15(20-12)16(23)22(10-19-14)7-2-6-21-8-5-18-9-21/h1,3-5,8-10,20H,2,6-7H2. The first-order valence-corrected chi connectivity index (χ1v) is 7.73. The average Bonchev–Trinajstić information content (AvgIpc) is 3.18. The van der Waals surface area contributed by atoms with Gasteiger partial charge in [-0.3, -0.25) is 9.36 Å². The fourth-order valence-electron chi connectivity index (χ4n) is 2.80. The molecule has 3 heterocycles. The van der Waals surface area contributed by atoms with Crippen LogP contribution in [0.1, 0.15) is 6.42 Å². The molecule has 0 atom stereocenters. The molecule has 1 N–H and O–H groups in total. The van der Waals surface area contributed by atoms with E-state index in [2.05, 4.69) is 15.0 Å². The van der Waals surface area contributed by atoms with Gasteiger partial charge in [-0.05, 0) is 18.6 Å². The SMILES string of the molecule is O=c1c2[nH]c3cccc(Cl)c3c2ncn1CCCn1ccnc1. The van der Waals surface area contributed by atoms with E-state index in [9.17, 15) is 4.79 Å². The third-order valence-electron chi connectivity index (χ3n) is 3.92. The van der Waals surface area contributed by atoms with E-state index in [0.717, 1.165) is 23.9 Å². The quantitative estimate of drug-likeness (QED) is 0.626. The summed E-state index contributed by atoms with van der Waals surface area (Å²) in [5.41, 5.74) is 1.88. The van der Waals surface area contributed by atoms with Crippen molar-refractivity contribution in [3.63, 3.8) is 0 Å². The highest BCUT2D eigenvalue weighted by Gasteiger charge is 2.12. The maximum atomic E-state index is 12.6. The van der Waals surface area contributed by atoms with Crippen LogP contribution in [-0.4, -0.2) is 24.1 Å². The molecule has 4 aromatic rings. The lowest BCUT2D eigenvalue weighted by Gasteiger charge is -2.05. The summed E-state index contributed by atoms with van der Waals surface area (Å²) in [5.74, 6) is 0. The predicted octanol–water partition coefficient (Wildman–Crippen LogP) is 2.82. The Kier molecular flexibility index (Phi) is 3.38. The first-order valence-electron chi connectivity index (χ1n) is 7.35. The van der Waals surface area contributed by atoms with Gasteiger partial charge in [-0.25, -0.2) is 9.97 Å². The van der Waals surface area contributed by atoms with E-state index in [1.165, 1.54) is 0 Å². The van der Waals surface area contributed by atoms with Gasteiger partial charge >= 0.3 is 0 Å². The molecule has 0 aliphatic carbocycles. The number of nitrogens with zero attached hydrogens (tertiary/aromatic N) is 4. The molecule has 0 unspecified atom stereocenters. The van der Waals surface area contributed by atoms with Crippen molar-refractivity contribution >= 4 is 33.5 Å². The van der Waals surface area contributed by atoms with Crippen LogP contribution in [0, 0.1) is 0 Å². The maximum Gasteiger partial charge on any atom is 0.277 e. The normalized spacial score (nSPS) is 11.5. The minimum absolute atomic E-state index is 0.0760. The van der Waals surface area contributed by atoms with E-state index in [-0.39, 0.29) is 5.56 Å². The minimum Gasteiger partial charge on any atom is -0.349 e. The maximum absolute atomic E-state index is 12.6. The Bertz CT molecular complexity index is 1030. The van der Waals surface area contributed by atoms with Crippen LogP contribution in [0.3, 0.4) is 0 Å². The zero-order valence-electron chi connectivity index (χ0n) is 12.2. The second-order valence-corrected chi connectivity index (χ2v) is 5.82. The summed E-state index contributed by atoms with van der Waals surface area (Å²) in [5, 5.41) is 1.39. The molecule has 6 nitrogen and oxygen atoms in total. The number of halogens is 1. The number of hydrogen-bond acceptors (Lipinski definition) is 3. The van der Waals surface area contributed by atoms with Gasteiger partial charge < -0.3 is 9.55 Å². The molecule has 1 aromatic carbocycles. The second-order valence-electron chi connectivity index (χ2n) is 5.41. The number of benzene rings is 1. The summed E-state index contributed by atoms with van der Waals surface area (Å²) in [6, 6.07) is 5.55. The van der Waals surface area contributed by atoms with Gasteiger partial charge in [-0.2, -0.15) is 0 Å². The fraction of sp³-hybridized carbons (Fsp3) is 0.188. The Balaban J connectivity index is 1.69. The van der Waals surface area contributed by atoms with Gasteiger partial charge in [0.25, 0.3) is 5.56 Å². The summed E-state index contributed by atoms with van der Waals surface area (Å²) >= 11 is 6.23. The summed E-state index contributed by atoms with van der Waals surface area (Å²) in [6.07, 6.45) is 7.83. The number of hydrogen-bond donors (Lipinski definition) is 1. The number of aryl methyl sites for hydroxylation is 2. The van der Waals surface area contributed by atoms with Crippen LogP contribution in [0.25, 0.3) is 21.9 Å². The van der Waals surface area contributed by atoms with Gasteiger partial charge in [0.05, 0.1) is 17.7 Å². The molecule has 0 saturated heterocycles. The molecule has 0 radical (unpaired) electrons. The highest BCUT2D eigenvalue weighted by molar-refractivity contribution is 6.37.